The Kier molecular flexibility index (Phi) is 11.9. The number of aromatic hydroxyl groups is 1. The van der Waals surface area contributed by atoms with Crippen LogP contribution in [0.25, 0.3) is 32.7 Å². The molecule has 1 aliphatic heterocycles. The van der Waals surface area contributed by atoms with Crippen molar-refractivity contribution in [3.05, 3.63) is 95.0 Å². The minimum Gasteiger partial charge on any atom is -0.507 e. The zero-order chi connectivity index (χ0) is 41.2. The lowest BCUT2D eigenvalue weighted by Crippen LogP contribution is -2.38. The zero-order valence-corrected chi connectivity index (χ0v) is 34.6. The quantitative estimate of drug-likeness (QED) is 0.0851. The number of hydrogen-bond donors (Lipinski definition) is 4. The Morgan fingerprint density at radius 1 is 1.02 bits per heavy atom. The number of para-hydroxylation sites is 1. The number of amides is 1. The standard InChI is InChI=1S/C45H51N7O6S/c1-25(2)41(42(55)34-21-32(53)22-35(34)45(56)47-26(3)28-9-11-30(12-10-28)43-27(4)46-24-59-43)39-23-40(51-58-39)57-18-17-52-15-13-29(14-16-52)36-19-31-20-37(49-50-44(31)48-36)33-7-5-6-8-38(33)54/h5-12,19-20,23-26,29,32,34-35,41,53-54H,13-18,21-22H2,1-4H3,(H,47,56)(H,48,50)/t26-,32-,34?,35+,41+/m0/s1. The average Bonchev–Trinajstić information content (AvgIpc) is 4.05. The normalized spacial score (nSPS) is 19.9. The molecule has 0 radical (unpaired) electrons. The highest BCUT2D eigenvalue weighted by Gasteiger charge is 2.46. The van der Waals surface area contributed by atoms with Gasteiger partial charge in [-0.25, -0.2) is 4.98 Å². The number of phenols is 1. The van der Waals surface area contributed by atoms with Gasteiger partial charge in [-0.3, -0.25) is 14.5 Å². The summed E-state index contributed by atoms with van der Waals surface area (Å²) >= 11 is 1.60. The van der Waals surface area contributed by atoms with Crippen molar-refractivity contribution in [3.63, 3.8) is 0 Å². The number of piperidine rings is 1. The van der Waals surface area contributed by atoms with E-state index in [-0.39, 0.29) is 42.2 Å². The number of aromatic nitrogens is 5. The van der Waals surface area contributed by atoms with E-state index in [1.165, 1.54) is 0 Å². The fraction of sp³-hybridized carbons (Fsp3) is 0.422. The molecule has 2 fully saturated rings. The molecule has 59 heavy (non-hydrogen) atoms. The maximum absolute atomic E-state index is 14.2. The number of carbonyl (C=O) groups is 2. The number of phenolic OH excluding ortho intramolecular Hbond substituents is 1. The number of aliphatic hydroxyl groups excluding tert-OH is 1. The largest absolute Gasteiger partial charge is 0.507 e. The van der Waals surface area contributed by atoms with Crippen molar-refractivity contribution in [2.75, 3.05) is 26.2 Å². The van der Waals surface area contributed by atoms with Gasteiger partial charge in [0.25, 0.3) is 5.88 Å². The maximum Gasteiger partial charge on any atom is 0.254 e. The minimum atomic E-state index is -0.746. The van der Waals surface area contributed by atoms with Crippen molar-refractivity contribution < 1.29 is 29.1 Å². The summed E-state index contributed by atoms with van der Waals surface area (Å²) in [7, 11) is 0. The molecule has 1 saturated heterocycles. The topological polar surface area (TPSA) is 180 Å². The number of nitrogens with zero attached hydrogens (tertiary/aromatic N) is 5. The number of aromatic amines is 1. The van der Waals surface area contributed by atoms with Crippen LogP contribution in [-0.4, -0.2) is 84.5 Å². The summed E-state index contributed by atoms with van der Waals surface area (Å²) in [5.74, 6) is -1.18. The third-order valence-electron chi connectivity index (χ3n) is 12.1. The summed E-state index contributed by atoms with van der Waals surface area (Å²) in [5.41, 5.74) is 8.02. The third kappa shape index (κ3) is 8.80. The molecule has 6 aromatic rings. The van der Waals surface area contributed by atoms with E-state index in [1.807, 2.05) is 75.7 Å². The Hall–Kier alpha value is -5.44. The monoisotopic (exact) mass is 817 g/mol. The minimum absolute atomic E-state index is 0.128. The molecule has 13 nitrogen and oxygen atoms in total. The first-order valence-corrected chi connectivity index (χ1v) is 21.4. The number of aryl methyl sites for hydroxylation is 1. The van der Waals surface area contributed by atoms with Gasteiger partial charge in [0, 0.05) is 41.1 Å². The lowest BCUT2D eigenvalue weighted by atomic mass is 9.79. The van der Waals surface area contributed by atoms with Crippen molar-refractivity contribution in [3.8, 4) is 33.3 Å². The summed E-state index contributed by atoms with van der Waals surface area (Å²) in [6.45, 7) is 10.8. The summed E-state index contributed by atoms with van der Waals surface area (Å²) in [5, 5.41) is 37.9. The first-order chi connectivity index (χ1) is 28.5. The fourth-order valence-corrected chi connectivity index (χ4v) is 9.59. The maximum atomic E-state index is 14.2. The zero-order valence-electron chi connectivity index (χ0n) is 33.8. The van der Waals surface area contributed by atoms with Gasteiger partial charge in [0.15, 0.2) is 11.4 Å². The number of carbonyl (C=O) groups excluding carboxylic acids is 2. The Balaban J connectivity index is 0.831. The highest BCUT2D eigenvalue weighted by atomic mass is 32.1. The molecule has 2 aromatic carbocycles. The van der Waals surface area contributed by atoms with Crippen molar-refractivity contribution >= 4 is 34.1 Å². The van der Waals surface area contributed by atoms with Gasteiger partial charge in [-0.2, -0.15) is 0 Å². The van der Waals surface area contributed by atoms with Crippen LogP contribution >= 0.6 is 11.3 Å². The lowest BCUT2D eigenvalue weighted by molar-refractivity contribution is -0.134. The van der Waals surface area contributed by atoms with Gasteiger partial charge in [-0.05, 0) is 99.1 Å². The van der Waals surface area contributed by atoms with Crippen LogP contribution in [0.3, 0.4) is 0 Å². The molecule has 1 aliphatic carbocycles. The molecule has 308 valence electrons. The molecular formula is C45H51N7O6S. The summed E-state index contributed by atoms with van der Waals surface area (Å²) in [6.07, 6.45) is 1.66. The summed E-state index contributed by atoms with van der Waals surface area (Å²) < 4.78 is 11.7. The Morgan fingerprint density at radius 2 is 1.78 bits per heavy atom. The van der Waals surface area contributed by atoms with E-state index in [9.17, 15) is 19.8 Å². The predicted molar refractivity (Wildman–Crippen MR) is 225 cm³/mol. The Labute approximate surface area is 347 Å². The molecular weight excluding hydrogens is 767 g/mol. The van der Waals surface area contributed by atoms with Gasteiger partial charge in [-0.1, -0.05) is 50.2 Å². The van der Waals surface area contributed by atoms with Gasteiger partial charge < -0.3 is 29.8 Å². The number of ketones is 1. The Bertz CT molecular complexity index is 2400. The predicted octanol–water partition coefficient (Wildman–Crippen LogP) is 7.58. The molecule has 5 heterocycles. The fourth-order valence-electron chi connectivity index (χ4n) is 8.78. The molecule has 4 aromatic heterocycles. The van der Waals surface area contributed by atoms with Crippen LogP contribution in [0.5, 0.6) is 11.6 Å². The van der Waals surface area contributed by atoms with Crippen LogP contribution < -0.4 is 10.1 Å². The van der Waals surface area contributed by atoms with Gasteiger partial charge in [0.05, 0.1) is 45.8 Å². The number of thiazole rings is 1. The number of hydrogen-bond acceptors (Lipinski definition) is 12. The number of likely N-dealkylation sites (tertiary alicyclic amines) is 1. The highest BCUT2D eigenvalue weighted by molar-refractivity contribution is 7.13. The van der Waals surface area contributed by atoms with Gasteiger partial charge in [-0.15, -0.1) is 21.5 Å². The van der Waals surface area contributed by atoms with Crippen LogP contribution in [0.4, 0.5) is 0 Å². The van der Waals surface area contributed by atoms with Crippen molar-refractivity contribution in [2.24, 2.45) is 17.8 Å². The smallest absolute Gasteiger partial charge is 0.254 e. The summed E-state index contributed by atoms with van der Waals surface area (Å²) in [6, 6.07) is 20.7. The van der Waals surface area contributed by atoms with E-state index in [1.54, 1.807) is 29.5 Å². The van der Waals surface area contributed by atoms with Crippen LogP contribution in [0.2, 0.25) is 0 Å². The van der Waals surface area contributed by atoms with Gasteiger partial charge in [0.2, 0.25) is 5.91 Å². The van der Waals surface area contributed by atoms with Crippen molar-refractivity contribution in [2.45, 2.75) is 77.4 Å². The number of fused-ring (bicyclic) bond motifs is 1. The molecule has 0 spiro atoms. The van der Waals surface area contributed by atoms with E-state index in [0.717, 1.165) is 64.4 Å². The van der Waals surface area contributed by atoms with E-state index >= 15 is 0 Å². The SMILES string of the molecule is Cc1ncsc1-c1ccc([C@H](C)NC(=O)[C@@H]2C[C@@H](O)CC2C(=O)[C@@H](c2cc(OCCN3CCC(c4cc5cc(-c6ccccc6O)nnc5[nH]4)CC3)no2)C(C)C)cc1. The molecule has 0 bridgehead atoms. The van der Waals surface area contributed by atoms with E-state index in [0.29, 0.717) is 42.0 Å². The van der Waals surface area contributed by atoms with Gasteiger partial charge >= 0.3 is 0 Å². The Morgan fingerprint density at radius 3 is 2.51 bits per heavy atom. The van der Waals surface area contributed by atoms with Crippen LogP contribution in [0, 0.1) is 24.7 Å². The van der Waals surface area contributed by atoms with Crippen molar-refractivity contribution in [1.82, 2.24) is 35.5 Å². The van der Waals surface area contributed by atoms with Crippen LogP contribution in [0.1, 0.15) is 87.0 Å². The van der Waals surface area contributed by atoms with Crippen LogP contribution in [0.15, 0.2) is 76.8 Å². The number of aliphatic hydroxyl groups is 1. The van der Waals surface area contributed by atoms with Gasteiger partial charge in [0.1, 0.15) is 18.1 Å². The molecule has 8 rings (SSSR count). The average molecular weight is 818 g/mol. The summed E-state index contributed by atoms with van der Waals surface area (Å²) in [4.78, 5) is 39.2. The molecule has 2 aliphatic rings. The molecule has 14 heteroatoms. The number of nitrogens with one attached hydrogen (secondary N) is 2. The first kappa shape index (κ1) is 40.3. The highest BCUT2D eigenvalue weighted by Crippen LogP contribution is 2.40. The number of benzene rings is 2. The number of Topliss-reactive ketones (excluding diaryl/α,β-unsaturated/α-hetero) is 1. The van der Waals surface area contributed by atoms with E-state index in [2.05, 4.69) is 41.6 Å². The molecule has 4 N–H and O–H groups in total. The first-order valence-electron chi connectivity index (χ1n) is 20.5. The molecule has 1 amide bonds. The number of H-pyrrole nitrogens is 1. The van der Waals surface area contributed by atoms with E-state index < -0.39 is 23.9 Å². The van der Waals surface area contributed by atoms with E-state index in [4.69, 9.17) is 9.26 Å². The molecule has 1 unspecified atom stereocenters. The second-order valence-electron chi connectivity index (χ2n) is 16.4. The third-order valence-corrected chi connectivity index (χ3v) is 13.0. The second-order valence-corrected chi connectivity index (χ2v) is 17.2. The van der Waals surface area contributed by atoms with Crippen molar-refractivity contribution in [1.29, 1.82) is 0 Å². The second kappa shape index (κ2) is 17.4. The molecule has 5 atom stereocenters. The number of rotatable bonds is 14. The lowest BCUT2D eigenvalue weighted by Gasteiger charge is -2.31. The van der Waals surface area contributed by atoms with Crippen LogP contribution in [-0.2, 0) is 9.59 Å². The molecule has 1 saturated carbocycles. The number of ether oxygens (including phenoxy) is 1.